The molecular weight excluding hydrogens is 591 g/mol. The summed E-state index contributed by atoms with van der Waals surface area (Å²) in [6.45, 7) is 0. The SMILES string of the molecule is N#Cc1ccc2c(c1)c1cc(N3c4ccccc4S(c4ccccc4)(c4ccccc4)c4ccccc43)ccc1n2-c1ccccc1. The van der Waals surface area contributed by atoms with Gasteiger partial charge in [-0.1, -0.05) is 78.9 Å². The Labute approximate surface area is 275 Å². The average molecular weight is 620 g/mol. The van der Waals surface area contributed by atoms with E-state index in [0.717, 1.165) is 33.2 Å². The quantitative estimate of drug-likeness (QED) is 0.196. The van der Waals surface area contributed by atoms with Crippen LogP contribution >= 0.6 is 10.0 Å². The minimum atomic E-state index is -1.81. The Morgan fingerprint density at radius 2 is 0.936 bits per heavy atom. The van der Waals surface area contributed by atoms with Crippen LogP contribution in [0.3, 0.4) is 0 Å². The Kier molecular flexibility index (Phi) is 6.28. The van der Waals surface area contributed by atoms with Crippen LogP contribution in [0.4, 0.5) is 17.1 Å². The Bertz CT molecular complexity index is 2390. The van der Waals surface area contributed by atoms with Gasteiger partial charge in [0, 0.05) is 41.7 Å². The molecule has 0 aliphatic carbocycles. The van der Waals surface area contributed by atoms with Crippen molar-refractivity contribution in [3.8, 4) is 11.8 Å². The van der Waals surface area contributed by atoms with Crippen molar-refractivity contribution < 1.29 is 0 Å². The summed E-state index contributed by atoms with van der Waals surface area (Å²) in [5, 5.41) is 12.0. The highest BCUT2D eigenvalue weighted by Gasteiger charge is 2.42. The van der Waals surface area contributed by atoms with Gasteiger partial charge in [-0.15, -0.1) is 10.0 Å². The van der Waals surface area contributed by atoms with E-state index in [1.165, 1.54) is 31.0 Å². The molecule has 0 N–H and O–H groups in total. The number of nitrogens with zero attached hydrogens (tertiary/aromatic N) is 3. The summed E-state index contributed by atoms with van der Waals surface area (Å²) < 4.78 is 2.30. The van der Waals surface area contributed by atoms with Crippen LogP contribution in [0.25, 0.3) is 27.5 Å². The normalized spacial score (nSPS) is 13.9. The van der Waals surface area contributed by atoms with Gasteiger partial charge in [-0.25, -0.2) is 0 Å². The second kappa shape index (κ2) is 10.8. The third-order valence-corrected chi connectivity index (χ3v) is 13.2. The maximum atomic E-state index is 9.84. The maximum absolute atomic E-state index is 9.84. The third-order valence-electron chi connectivity index (χ3n) is 9.22. The van der Waals surface area contributed by atoms with E-state index in [9.17, 15) is 5.26 Å². The highest BCUT2D eigenvalue weighted by Crippen LogP contribution is 2.79. The molecular formula is C43H29N3S. The minimum Gasteiger partial charge on any atom is -0.309 e. The van der Waals surface area contributed by atoms with Gasteiger partial charge in [0.25, 0.3) is 0 Å². The number of para-hydroxylation sites is 3. The lowest BCUT2D eigenvalue weighted by molar-refractivity contribution is 1.12. The van der Waals surface area contributed by atoms with Crippen molar-refractivity contribution in [3.63, 3.8) is 0 Å². The fourth-order valence-electron chi connectivity index (χ4n) is 7.30. The molecule has 0 spiro atoms. The van der Waals surface area contributed by atoms with E-state index < -0.39 is 10.0 Å². The molecule has 47 heavy (non-hydrogen) atoms. The van der Waals surface area contributed by atoms with Crippen molar-refractivity contribution in [3.05, 3.63) is 181 Å². The standard InChI is InChI=1S/C43H29N3S/c44-30-31-24-26-38-36(28-31)37-29-33(25-27-39(37)45(38)32-14-4-1-5-15-32)46-40-20-10-12-22-42(40)47(34-16-6-2-7-17-34,35-18-8-3-9-19-35)43-23-13-11-21-41(43)46/h1-29H. The minimum absolute atomic E-state index is 0.655. The van der Waals surface area contributed by atoms with Crippen LogP contribution in [0, 0.1) is 11.3 Å². The van der Waals surface area contributed by atoms with Gasteiger partial charge in [0.2, 0.25) is 0 Å². The van der Waals surface area contributed by atoms with E-state index in [-0.39, 0.29) is 0 Å². The summed E-state index contributed by atoms with van der Waals surface area (Å²) in [6, 6.07) is 65.5. The predicted octanol–water partition coefficient (Wildman–Crippen LogP) is 11.8. The van der Waals surface area contributed by atoms with Gasteiger partial charge >= 0.3 is 0 Å². The lowest BCUT2D eigenvalue weighted by Crippen LogP contribution is -2.21. The fourth-order valence-corrected chi connectivity index (χ4v) is 11.5. The van der Waals surface area contributed by atoms with Crippen LogP contribution in [-0.4, -0.2) is 4.57 Å². The molecule has 1 aliphatic heterocycles. The van der Waals surface area contributed by atoms with Gasteiger partial charge < -0.3 is 9.47 Å². The molecule has 0 bridgehead atoms. The zero-order chi connectivity index (χ0) is 31.4. The number of aromatic nitrogens is 1. The van der Waals surface area contributed by atoms with E-state index in [1.807, 2.05) is 18.2 Å². The number of rotatable bonds is 4. The van der Waals surface area contributed by atoms with Crippen LogP contribution in [0.2, 0.25) is 0 Å². The van der Waals surface area contributed by atoms with Crippen LogP contribution < -0.4 is 4.90 Å². The van der Waals surface area contributed by atoms with Crippen LogP contribution in [0.1, 0.15) is 5.56 Å². The summed E-state index contributed by atoms with van der Waals surface area (Å²) in [5.41, 5.74) is 7.38. The molecule has 0 atom stereocenters. The molecule has 0 unspecified atom stereocenters. The number of anilines is 3. The largest absolute Gasteiger partial charge is 0.309 e. The molecule has 2 heterocycles. The number of hydrogen-bond acceptors (Lipinski definition) is 2. The molecule has 0 saturated heterocycles. The summed E-state index contributed by atoms with van der Waals surface area (Å²) in [5.74, 6) is 0. The zero-order valence-electron chi connectivity index (χ0n) is 25.5. The first kappa shape index (κ1) is 27.3. The Morgan fingerprint density at radius 3 is 1.51 bits per heavy atom. The highest BCUT2D eigenvalue weighted by molar-refractivity contribution is 8.34. The molecule has 0 amide bonds. The summed E-state index contributed by atoms with van der Waals surface area (Å²) in [6.07, 6.45) is 0. The van der Waals surface area contributed by atoms with E-state index in [2.05, 4.69) is 173 Å². The van der Waals surface area contributed by atoms with Crippen molar-refractivity contribution in [2.24, 2.45) is 0 Å². The first-order valence-corrected chi connectivity index (χ1v) is 17.4. The van der Waals surface area contributed by atoms with E-state index in [4.69, 9.17) is 0 Å². The lowest BCUT2D eigenvalue weighted by atomic mass is 10.1. The van der Waals surface area contributed by atoms with Crippen LogP contribution in [0.5, 0.6) is 0 Å². The Balaban J connectivity index is 1.35. The molecule has 7 aromatic carbocycles. The molecule has 1 aliphatic rings. The molecule has 4 heteroatoms. The molecule has 8 aromatic rings. The molecule has 0 saturated carbocycles. The van der Waals surface area contributed by atoms with E-state index in [0.29, 0.717) is 5.56 Å². The van der Waals surface area contributed by atoms with Crippen molar-refractivity contribution in [1.29, 1.82) is 5.26 Å². The monoisotopic (exact) mass is 619 g/mol. The summed E-state index contributed by atoms with van der Waals surface area (Å²) >= 11 is 0. The Hall–Kier alpha value is -6.02. The number of fused-ring (bicyclic) bond motifs is 5. The van der Waals surface area contributed by atoms with Crippen molar-refractivity contribution in [2.75, 3.05) is 4.90 Å². The fraction of sp³-hybridized carbons (Fsp3) is 0. The van der Waals surface area contributed by atoms with Crippen molar-refractivity contribution >= 4 is 48.9 Å². The van der Waals surface area contributed by atoms with Gasteiger partial charge in [0.15, 0.2) is 0 Å². The Morgan fingerprint density at radius 1 is 0.447 bits per heavy atom. The second-order valence-corrected chi connectivity index (χ2v) is 14.8. The molecule has 9 rings (SSSR count). The van der Waals surface area contributed by atoms with Gasteiger partial charge in [0.05, 0.1) is 34.0 Å². The third kappa shape index (κ3) is 4.01. The van der Waals surface area contributed by atoms with Crippen molar-refractivity contribution in [1.82, 2.24) is 4.57 Å². The molecule has 0 radical (unpaired) electrons. The van der Waals surface area contributed by atoms with Gasteiger partial charge in [-0.2, -0.15) is 5.26 Å². The average Bonchev–Trinajstić information content (AvgIpc) is 3.47. The first-order chi connectivity index (χ1) is 23.3. The van der Waals surface area contributed by atoms with E-state index in [1.54, 1.807) is 0 Å². The smallest absolute Gasteiger partial charge is 0.0991 e. The van der Waals surface area contributed by atoms with Crippen LogP contribution in [-0.2, 0) is 0 Å². The molecule has 1 aromatic heterocycles. The zero-order valence-corrected chi connectivity index (χ0v) is 26.3. The second-order valence-electron chi connectivity index (χ2n) is 11.7. The van der Waals surface area contributed by atoms with Gasteiger partial charge in [0.1, 0.15) is 0 Å². The maximum Gasteiger partial charge on any atom is 0.0991 e. The van der Waals surface area contributed by atoms with E-state index >= 15 is 0 Å². The van der Waals surface area contributed by atoms with Gasteiger partial charge in [-0.05, 0) is 97.1 Å². The van der Waals surface area contributed by atoms with Crippen LogP contribution in [0.15, 0.2) is 196 Å². The predicted molar refractivity (Wildman–Crippen MR) is 194 cm³/mol. The number of hydrogen-bond donors (Lipinski definition) is 0. The topological polar surface area (TPSA) is 32.0 Å². The van der Waals surface area contributed by atoms with Gasteiger partial charge in [-0.3, -0.25) is 0 Å². The number of benzene rings is 7. The van der Waals surface area contributed by atoms with Crippen molar-refractivity contribution in [2.45, 2.75) is 19.6 Å². The number of nitriles is 1. The molecule has 3 nitrogen and oxygen atoms in total. The summed E-state index contributed by atoms with van der Waals surface area (Å²) in [4.78, 5) is 7.69. The molecule has 222 valence electrons. The summed E-state index contributed by atoms with van der Waals surface area (Å²) in [7, 11) is -1.81. The molecule has 0 fully saturated rings. The lowest BCUT2D eigenvalue weighted by Gasteiger charge is -2.49. The highest BCUT2D eigenvalue weighted by atomic mass is 32.3. The first-order valence-electron chi connectivity index (χ1n) is 15.7.